The molecule has 0 aliphatic heterocycles. The summed E-state index contributed by atoms with van der Waals surface area (Å²) >= 11 is 0. The van der Waals surface area contributed by atoms with Gasteiger partial charge in [-0.1, -0.05) is 83.9 Å². The minimum Gasteiger partial charge on any atom is -0.347 e. The van der Waals surface area contributed by atoms with Gasteiger partial charge in [-0.2, -0.15) is 5.10 Å². The fraction of sp³-hybridized carbons (Fsp3) is 0.593. The van der Waals surface area contributed by atoms with Gasteiger partial charge in [0.2, 0.25) is 11.8 Å². The van der Waals surface area contributed by atoms with Gasteiger partial charge in [0.1, 0.15) is 5.82 Å². The van der Waals surface area contributed by atoms with Crippen molar-refractivity contribution in [3.63, 3.8) is 0 Å². The zero-order valence-corrected chi connectivity index (χ0v) is 21.4. The van der Waals surface area contributed by atoms with E-state index in [4.69, 9.17) is 5.10 Å². The van der Waals surface area contributed by atoms with Gasteiger partial charge >= 0.3 is 0 Å². The number of amides is 2. The maximum Gasteiger partial charge on any atom is 0.244 e. The Labute approximate surface area is 199 Å². The van der Waals surface area contributed by atoms with Crippen LogP contribution in [-0.2, 0) is 15.0 Å². The first kappa shape index (κ1) is 26.6. The summed E-state index contributed by atoms with van der Waals surface area (Å²) in [7, 11) is 0. The van der Waals surface area contributed by atoms with Gasteiger partial charge in [0, 0.05) is 17.9 Å². The zero-order chi connectivity index (χ0) is 24.4. The minimum atomic E-state index is -0.255. The average molecular weight is 455 g/mol. The Morgan fingerprint density at radius 3 is 2.24 bits per heavy atom. The highest BCUT2D eigenvalue weighted by Crippen LogP contribution is 2.27. The zero-order valence-electron chi connectivity index (χ0n) is 21.4. The van der Waals surface area contributed by atoms with Crippen LogP contribution in [0.4, 0.5) is 5.82 Å². The Balaban J connectivity index is 1.94. The Morgan fingerprint density at radius 1 is 0.939 bits per heavy atom. The van der Waals surface area contributed by atoms with Crippen molar-refractivity contribution in [3.05, 3.63) is 41.1 Å². The molecule has 6 nitrogen and oxygen atoms in total. The molecule has 6 heteroatoms. The highest BCUT2D eigenvalue weighted by atomic mass is 16.2. The minimum absolute atomic E-state index is 0.0434. The van der Waals surface area contributed by atoms with E-state index in [-0.39, 0.29) is 23.8 Å². The summed E-state index contributed by atoms with van der Waals surface area (Å²) in [5, 5.41) is 10.5. The van der Waals surface area contributed by atoms with E-state index < -0.39 is 0 Å². The molecule has 0 aliphatic carbocycles. The molecule has 0 radical (unpaired) electrons. The molecule has 2 aromatic rings. The molecule has 33 heavy (non-hydrogen) atoms. The van der Waals surface area contributed by atoms with Crippen LogP contribution in [0.5, 0.6) is 0 Å². The number of hydrogen-bond acceptors (Lipinski definition) is 3. The second kappa shape index (κ2) is 12.6. The van der Waals surface area contributed by atoms with Gasteiger partial charge in [0.25, 0.3) is 0 Å². The first-order valence-electron chi connectivity index (χ1n) is 12.4. The number of unbranched alkanes of at least 4 members (excludes halogenated alkanes) is 6. The number of aryl methyl sites for hydroxylation is 2. The first-order valence-corrected chi connectivity index (χ1v) is 12.4. The standard InChI is InChI=1S/C27H42N4O2/c1-7-8-9-10-11-12-13-14-25(32)28-19-26(33)29-24-18-23(27(4,5)6)30-31(24)22-16-15-20(2)17-21(22)3/h15-18H,7-14,19H2,1-6H3,(H,28,32)(H,29,33). The third kappa shape index (κ3) is 8.67. The van der Waals surface area contributed by atoms with Crippen molar-refractivity contribution >= 4 is 17.6 Å². The lowest BCUT2D eigenvalue weighted by molar-refractivity contribution is -0.124. The van der Waals surface area contributed by atoms with Crippen molar-refractivity contribution in [2.75, 3.05) is 11.9 Å². The van der Waals surface area contributed by atoms with Crippen LogP contribution in [0, 0.1) is 13.8 Å². The fourth-order valence-electron chi connectivity index (χ4n) is 3.76. The molecule has 0 saturated heterocycles. The molecule has 0 unspecified atom stereocenters. The van der Waals surface area contributed by atoms with Crippen LogP contribution >= 0.6 is 0 Å². The molecule has 1 heterocycles. The van der Waals surface area contributed by atoms with Gasteiger partial charge in [-0.3, -0.25) is 9.59 Å². The van der Waals surface area contributed by atoms with Crippen molar-refractivity contribution in [3.8, 4) is 5.69 Å². The maximum absolute atomic E-state index is 12.6. The second-order valence-electron chi connectivity index (χ2n) is 10.1. The van der Waals surface area contributed by atoms with E-state index in [1.54, 1.807) is 4.68 Å². The Hall–Kier alpha value is -2.63. The molecule has 0 spiro atoms. The number of hydrogen-bond donors (Lipinski definition) is 2. The van der Waals surface area contributed by atoms with E-state index >= 15 is 0 Å². The molecule has 0 saturated carbocycles. The van der Waals surface area contributed by atoms with Crippen molar-refractivity contribution in [2.24, 2.45) is 0 Å². The predicted octanol–water partition coefficient (Wildman–Crippen LogP) is 5.98. The number of rotatable bonds is 12. The molecule has 0 aliphatic rings. The van der Waals surface area contributed by atoms with Gasteiger partial charge < -0.3 is 10.6 Å². The number of anilines is 1. The molecule has 2 N–H and O–H groups in total. The SMILES string of the molecule is CCCCCCCCCC(=O)NCC(=O)Nc1cc(C(C)(C)C)nn1-c1ccc(C)cc1C. The van der Waals surface area contributed by atoms with Gasteiger partial charge in [0.05, 0.1) is 17.9 Å². The smallest absolute Gasteiger partial charge is 0.244 e. The lowest BCUT2D eigenvalue weighted by Gasteiger charge is -2.14. The normalized spacial score (nSPS) is 11.5. The van der Waals surface area contributed by atoms with Gasteiger partial charge in [-0.25, -0.2) is 4.68 Å². The summed E-state index contributed by atoms with van der Waals surface area (Å²) in [4.78, 5) is 24.7. The molecule has 0 fully saturated rings. The van der Waals surface area contributed by atoms with Crippen LogP contribution in [0.2, 0.25) is 0 Å². The lowest BCUT2D eigenvalue weighted by atomic mass is 9.92. The monoisotopic (exact) mass is 454 g/mol. The molecule has 2 amide bonds. The number of carbonyl (C=O) groups excluding carboxylic acids is 2. The third-order valence-electron chi connectivity index (χ3n) is 5.78. The first-order chi connectivity index (χ1) is 15.6. The maximum atomic E-state index is 12.6. The molecule has 2 rings (SSSR count). The molecular weight excluding hydrogens is 412 g/mol. The van der Waals surface area contributed by atoms with Gasteiger partial charge in [-0.05, 0) is 31.9 Å². The van der Waals surface area contributed by atoms with E-state index in [1.165, 1.54) is 37.7 Å². The summed E-state index contributed by atoms with van der Waals surface area (Å²) in [6.07, 6.45) is 8.62. The number of carbonyl (C=O) groups is 2. The van der Waals surface area contributed by atoms with E-state index in [0.29, 0.717) is 12.2 Å². The van der Waals surface area contributed by atoms with E-state index in [2.05, 4.69) is 51.3 Å². The summed E-state index contributed by atoms with van der Waals surface area (Å²) in [6.45, 7) is 12.5. The van der Waals surface area contributed by atoms with Crippen molar-refractivity contribution in [2.45, 2.75) is 98.3 Å². The van der Waals surface area contributed by atoms with E-state index in [9.17, 15) is 9.59 Å². The molecular formula is C27H42N4O2. The summed E-state index contributed by atoms with van der Waals surface area (Å²) in [6, 6.07) is 8.07. The predicted molar refractivity (Wildman–Crippen MR) is 136 cm³/mol. The Bertz CT molecular complexity index is 925. The second-order valence-corrected chi connectivity index (χ2v) is 10.1. The van der Waals surface area contributed by atoms with Crippen molar-refractivity contribution < 1.29 is 9.59 Å². The van der Waals surface area contributed by atoms with Crippen molar-refractivity contribution in [1.29, 1.82) is 0 Å². The molecule has 0 atom stereocenters. The summed E-state index contributed by atoms with van der Waals surface area (Å²) in [5.74, 6) is 0.282. The van der Waals surface area contributed by atoms with Crippen LogP contribution < -0.4 is 10.6 Å². The van der Waals surface area contributed by atoms with Crippen LogP contribution in [0.1, 0.15) is 95.9 Å². The highest BCUT2D eigenvalue weighted by Gasteiger charge is 2.22. The van der Waals surface area contributed by atoms with Crippen LogP contribution in [0.3, 0.4) is 0 Å². The van der Waals surface area contributed by atoms with Crippen LogP contribution in [0.15, 0.2) is 24.3 Å². The highest BCUT2D eigenvalue weighted by molar-refractivity contribution is 5.94. The van der Waals surface area contributed by atoms with E-state index in [1.807, 2.05) is 25.1 Å². The van der Waals surface area contributed by atoms with E-state index in [0.717, 1.165) is 29.8 Å². The van der Waals surface area contributed by atoms with Crippen molar-refractivity contribution in [1.82, 2.24) is 15.1 Å². The average Bonchev–Trinajstić information content (AvgIpc) is 3.15. The Kier molecular flexibility index (Phi) is 10.1. The number of benzene rings is 1. The number of nitrogens with zero attached hydrogens (tertiary/aromatic N) is 2. The van der Waals surface area contributed by atoms with Crippen LogP contribution in [0.25, 0.3) is 5.69 Å². The molecule has 0 bridgehead atoms. The quantitative estimate of drug-likeness (QED) is 0.387. The summed E-state index contributed by atoms with van der Waals surface area (Å²) < 4.78 is 1.79. The van der Waals surface area contributed by atoms with Crippen LogP contribution in [-0.4, -0.2) is 28.1 Å². The van der Waals surface area contributed by atoms with Gasteiger partial charge in [-0.15, -0.1) is 0 Å². The summed E-state index contributed by atoms with van der Waals surface area (Å²) in [5.41, 5.74) is 3.91. The largest absolute Gasteiger partial charge is 0.347 e. The number of aromatic nitrogens is 2. The molecule has 1 aromatic heterocycles. The molecule has 1 aromatic carbocycles. The Morgan fingerprint density at radius 2 is 1.61 bits per heavy atom. The third-order valence-corrected chi connectivity index (χ3v) is 5.78. The number of nitrogens with one attached hydrogen (secondary N) is 2. The molecule has 182 valence electrons. The topological polar surface area (TPSA) is 76.0 Å². The fourth-order valence-corrected chi connectivity index (χ4v) is 3.76. The van der Waals surface area contributed by atoms with Gasteiger partial charge in [0.15, 0.2) is 0 Å². The lowest BCUT2D eigenvalue weighted by Crippen LogP contribution is -2.33.